The fourth-order valence-corrected chi connectivity index (χ4v) is 2.79. The van der Waals surface area contributed by atoms with Gasteiger partial charge in [0.25, 0.3) is 0 Å². The Kier molecular flexibility index (Phi) is 1.76. The third-order valence-electron chi connectivity index (χ3n) is 2.13. The minimum absolute atomic E-state index is 0.325. The monoisotopic (exact) mass is 180 g/mol. The highest BCUT2D eigenvalue weighted by Gasteiger charge is 2.26. The summed E-state index contributed by atoms with van der Waals surface area (Å²) < 4.78 is 0. The van der Waals surface area contributed by atoms with Crippen molar-refractivity contribution in [3.05, 3.63) is 22.3 Å². The predicted octanol–water partition coefficient (Wildman–Crippen LogP) is 2.26. The van der Waals surface area contributed by atoms with E-state index in [1.807, 2.05) is 6.92 Å². The highest BCUT2D eigenvalue weighted by atomic mass is 32.2. The van der Waals surface area contributed by atoms with Gasteiger partial charge in [-0.25, -0.2) is 0 Å². The lowest BCUT2D eigenvalue weighted by molar-refractivity contribution is 0.928. The molecule has 64 valence electrons. The highest BCUT2D eigenvalue weighted by molar-refractivity contribution is 8.03. The molecular formula is C9H12N2S. The Hall–Kier alpha value is -0.700. The number of nitrogens with one attached hydrogen (secondary N) is 1. The number of aliphatic imine (C=N–C) groups is 1. The fraction of sp³-hybridized carbons (Fsp3) is 0.444. The third kappa shape index (κ3) is 1.08. The van der Waals surface area contributed by atoms with Crippen molar-refractivity contribution in [2.24, 2.45) is 4.99 Å². The molecule has 2 aliphatic heterocycles. The van der Waals surface area contributed by atoms with Crippen LogP contribution in [-0.2, 0) is 0 Å². The highest BCUT2D eigenvalue weighted by Crippen LogP contribution is 2.38. The average molecular weight is 180 g/mol. The van der Waals surface area contributed by atoms with Crippen molar-refractivity contribution in [1.82, 2.24) is 5.32 Å². The Morgan fingerprint density at radius 2 is 2.17 bits per heavy atom. The van der Waals surface area contributed by atoms with Crippen LogP contribution in [-0.4, -0.2) is 11.2 Å². The Balaban J connectivity index is 2.40. The number of fused-ring (bicyclic) bond motifs is 1. The molecule has 0 aliphatic carbocycles. The largest absolute Gasteiger partial charge is 0.348 e. The zero-order chi connectivity index (χ0) is 8.72. The second kappa shape index (κ2) is 2.66. The maximum atomic E-state index is 4.50. The zero-order valence-electron chi connectivity index (χ0n) is 7.51. The number of amidine groups is 1. The molecule has 0 saturated carbocycles. The van der Waals surface area contributed by atoms with Gasteiger partial charge in [0.05, 0.1) is 5.84 Å². The van der Waals surface area contributed by atoms with E-state index in [1.54, 1.807) is 11.8 Å². The molecular weight excluding hydrogens is 168 g/mol. The molecule has 2 rings (SSSR count). The van der Waals surface area contributed by atoms with Crippen LogP contribution in [0, 0.1) is 0 Å². The van der Waals surface area contributed by atoms with Crippen LogP contribution in [0.25, 0.3) is 0 Å². The lowest BCUT2D eigenvalue weighted by Crippen LogP contribution is -2.27. The van der Waals surface area contributed by atoms with Crippen LogP contribution in [0.2, 0.25) is 0 Å². The summed E-state index contributed by atoms with van der Waals surface area (Å²) in [7, 11) is 0. The van der Waals surface area contributed by atoms with Gasteiger partial charge < -0.3 is 5.32 Å². The molecule has 2 nitrogen and oxygen atoms in total. The van der Waals surface area contributed by atoms with Crippen LogP contribution >= 0.6 is 11.8 Å². The molecule has 0 radical (unpaired) electrons. The molecule has 0 aromatic carbocycles. The number of rotatable bonds is 0. The van der Waals surface area contributed by atoms with E-state index in [0.29, 0.717) is 5.37 Å². The van der Waals surface area contributed by atoms with E-state index in [1.165, 1.54) is 16.8 Å². The molecule has 1 atom stereocenters. The zero-order valence-corrected chi connectivity index (χ0v) is 8.33. The second-order valence-electron chi connectivity index (χ2n) is 3.17. The summed E-state index contributed by atoms with van der Waals surface area (Å²) in [4.78, 5) is 4.50. The van der Waals surface area contributed by atoms with Crippen molar-refractivity contribution >= 4 is 17.6 Å². The molecule has 1 N–H and O–H groups in total. The molecule has 0 bridgehead atoms. The molecule has 0 amide bonds. The molecule has 2 aliphatic rings. The van der Waals surface area contributed by atoms with E-state index in [-0.39, 0.29) is 0 Å². The van der Waals surface area contributed by atoms with E-state index in [4.69, 9.17) is 0 Å². The Morgan fingerprint density at radius 1 is 1.42 bits per heavy atom. The molecule has 0 fully saturated rings. The van der Waals surface area contributed by atoms with E-state index >= 15 is 0 Å². The van der Waals surface area contributed by atoms with Crippen molar-refractivity contribution in [1.29, 1.82) is 0 Å². The molecule has 0 spiro atoms. The Bertz CT molecular complexity index is 312. The lowest BCUT2D eigenvalue weighted by atomic mass is 10.1. The fourth-order valence-electron chi connectivity index (χ4n) is 1.62. The standard InChI is InChI=1S/C9H12N2S/c1-5-4-12-9-8(5)6(2)10-7(3)11-9/h4,9H,1-3H3,(H,10,11). The summed E-state index contributed by atoms with van der Waals surface area (Å²) in [5, 5.41) is 5.77. The topological polar surface area (TPSA) is 24.4 Å². The number of allylic oxidation sites excluding steroid dienone is 1. The molecule has 0 aromatic rings. The van der Waals surface area contributed by atoms with Gasteiger partial charge in [-0.05, 0) is 31.8 Å². The van der Waals surface area contributed by atoms with Crippen molar-refractivity contribution < 1.29 is 0 Å². The quantitative estimate of drug-likeness (QED) is 0.618. The van der Waals surface area contributed by atoms with E-state index in [9.17, 15) is 0 Å². The van der Waals surface area contributed by atoms with Crippen molar-refractivity contribution in [2.45, 2.75) is 26.1 Å². The van der Waals surface area contributed by atoms with Crippen molar-refractivity contribution in [2.75, 3.05) is 0 Å². The number of hydrogen-bond acceptors (Lipinski definition) is 3. The summed E-state index contributed by atoms with van der Waals surface area (Å²) >= 11 is 1.79. The van der Waals surface area contributed by atoms with Gasteiger partial charge >= 0.3 is 0 Å². The van der Waals surface area contributed by atoms with Crippen LogP contribution in [0.3, 0.4) is 0 Å². The first-order chi connectivity index (χ1) is 5.68. The minimum Gasteiger partial charge on any atom is -0.348 e. The Labute approximate surface area is 76.8 Å². The maximum Gasteiger partial charge on any atom is 0.128 e. The van der Waals surface area contributed by atoms with Gasteiger partial charge in [0.2, 0.25) is 0 Å². The summed E-state index contributed by atoms with van der Waals surface area (Å²) in [5.41, 5.74) is 3.98. The van der Waals surface area contributed by atoms with Gasteiger partial charge in [-0.15, -0.1) is 11.8 Å². The summed E-state index contributed by atoms with van der Waals surface area (Å²) in [5.74, 6) is 1.02. The first kappa shape index (κ1) is 7.92. The van der Waals surface area contributed by atoms with Crippen molar-refractivity contribution in [3.8, 4) is 0 Å². The molecule has 2 heterocycles. The maximum absolute atomic E-state index is 4.50. The van der Waals surface area contributed by atoms with Crippen molar-refractivity contribution in [3.63, 3.8) is 0 Å². The van der Waals surface area contributed by atoms with Crippen LogP contribution in [0.1, 0.15) is 20.8 Å². The number of nitrogens with zero attached hydrogens (tertiary/aromatic N) is 1. The molecule has 1 unspecified atom stereocenters. The molecule has 0 saturated heterocycles. The first-order valence-electron chi connectivity index (χ1n) is 4.03. The van der Waals surface area contributed by atoms with Crippen LogP contribution in [0.15, 0.2) is 27.2 Å². The Morgan fingerprint density at radius 3 is 2.92 bits per heavy atom. The molecule has 3 heteroatoms. The van der Waals surface area contributed by atoms with Gasteiger partial charge in [0, 0.05) is 11.3 Å². The molecule has 0 aromatic heterocycles. The summed E-state index contributed by atoms with van der Waals surface area (Å²) in [6, 6.07) is 0. The average Bonchev–Trinajstić information content (AvgIpc) is 2.31. The smallest absolute Gasteiger partial charge is 0.128 e. The normalized spacial score (nSPS) is 27.8. The predicted molar refractivity (Wildman–Crippen MR) is 54.1 cm³/mol. The van der Waals surface area contributed by atoms with Gasteiger partial charge in [0.15, 0.2) is 0 Å². The van der Waals surface area contributed by atoms with Gasteiger partial charge in [-0.1, -0.05) is 0 Å². The SMILES string of the molecule is CC1=CSC2N=C(C)NC(C)=C12. The van der Waals surface area contributed by atoms with E-state index in [2.05, 4.69) is 29.6 Å². The van der Waals surface area contributed by atoms with Crippen LogP contribution < -0.4 is 5.32 Å². The summed E-state index contributed by atoms with van der Waals surface area (Å²) in [6.07, 6.45) is 0. The first-order valence-corrected chi connectivity index (χ1v) is 4.97. The van der Waals surface area contributed by atoms with E-state index < -0.39 is 0 Å². The van der Waals surface area contributed by atoms with Gasteiger partial charge in [-0.2, -0.15) is 0 Å². The second-order valence-corrected chi connectivity index (χ2v) is 4.12. The van der Waals surface area contributed by atoms with E-state index in [0.717, 1.165) is 5.84 Å². The minimum atomic E-state index is 0.325. The molecule has 12 heavy (non-hydrogen) atoms. The number of thioether (sulfide) groups is 1. The number of hydrogen-bond donors (Lipinski definition) is 1. The van der Waals surface area contributed by atoms with Gasteiger partial charge in [0.1, 0.15) is 5.37 Å². The van der Waals surface area contributed by atoms with Crippen LogP contribution in [0.4, 0.5) is 0 Å². The van der Waals surface area contributed by atoms with Crippen LogP contribution in [0.5, 0.6) is 0 Å². The summed E-state index contributed by atoms with van der Waals surface area (Å²) in [6.45, 7) is 6.27. The van der Waals surface area contributed by atoms with Gasteiger partial charge in [-0.3, -0.25) is 4.99 Å². The lowest BCUT2D eigenvalue weighted by Gasteiger charge is -2.20. The third-order valence-corrected chi connectivity index (χ3v) is 3.22.